The smallest absolute Gasteiger partial charge is 0.274 e. The first kappa shape index (κ1) is 12.4. The van der Waals surface area contributed by atoms with Crippen LogP contribution in [-0.2, 0) is 11.8 Å². The molecule has 19 heavy (non-hydrogen) atoms. The monoisotopic (exact) mass is 277 g/mol. The highest BCUT2D eigenvalue weighted by molar-refractivity contribution is 7.07. The molecule has 0 N–H and O–H groups in total. The van der Waals surface area contributed by atoms with Crippen LogP contribution in [0.25, 0.3) is 0 Å². The van der Waals surface area contributed by atoms with Crippen molar-refractivity contribution >= 4 is 17.2 Å². The van der Waals surface area contributed by atoms with Gasteiger partial charge in [0.1, 0.15) is 5.69 Å². The van der Waals surface area contributed by atoms with Gasteiger partial charge in [0.2, 0.25) is 0 Å². The average molecular weight is 277 g/mol. The summed E-state index contributed by atoms with van der Waals surface area (Å²) in [5.41, 5.74) is 3.29. The Morgan fingerprint density at radius 2 is 2.47 bits per heavy atom. The number of hydrogen-bond acceptors (Lipinski definition) is 4. The molecule has 100 valence electrons. The molecule has 2 aromatic heterocycles. The van der Waals surface area contributed by atoms with Crippen LogP contribution < -0.4 is 0 Å². The SMILES string of the molecule is Cn1cccc1[C@H]1COCCN1C(=O)c1cscn1. The van der Waals surface area contributed by atoms with Crippen LogP contribution in [0.4, 0.5) is 0 Å². The van der Waals surface area contributed by atoms with Crippen LogP contribution >= 0.6 is 11.3 Å². The van der Waals surface area contributed by atoms with E-state index in [1.165, 1.54) is 11.3 Å². The lowest BCUT2D eigenvalue weighted by molar-refractivity contribution is -0.00489. The van der Waals surface area contributed by atoms with Crippen molar-refractivity contribution in [3.8, 4) is 0 Å². The Morgan fingerprint density at radius 1 is 1.58 bits per heavy atom. The van der Waals surface area contributed by atoms with E-state index in [1.807, 2.05) is 34.8 Å². The largest absolute Gasteiger partial charge is 0.377 e. The number of amides is 1. The lowest BCUT2D eigenvalue weighted by Gasteiger charge is -2.35. The number of thiazole rings is 1. The van der Waals surface area contributed by atoms with Crippen LogP contribution in [0.15, 0.2) is 29.2 Å². The van der Waals surface area contributed by atoms with Gasteiger partial charge in [0.25, 0.3) is 5.91 Å². The molecule has 0 aliphatic carbocycles. The number of carbonyl (C=O) groups excluding carboxylic acids is 1. The van der Waals surface area contributed by atoms with Crippen LogP contribution in [0.1, 0.15) is 22.2 Å². The van der Waals surface area contributed by atoms with Gasteiger partial charge in [-0.1, -0.05) is 0 Å². The fourth-order valence-electron chi connectivity index (χ4n) is 2.38. The molecule has 3 heterocycles. The number of nitrogens with zero attached hydrogens (tertiary/aromatic N) is 3. The van der Waals surface area contributed by atoms with Gasteiger partial charge in [0.05, 0.1) is 24.8 Å². The van der Waals surface area contributed by atoms with E-state index >= 15 is 0 Å². The lowest BCUT2D eigenvalue weighted by atomic mass is 10.1. The van der Waals surface area contributed by atoms with Gasteiger partial charge in [-0.15, -0.1) is 11.3 Å². The van der Waals surface area contributed by atoms with Crippen LogP contribution in [0, 0.1) is 0 Å². The van der Waals surface area contributed by atoms with Crippen LogP contribution in [0.5, 0.6) is 0 Å². The van der Waals surface area contributed by atoms with E-state index in [4.69, 9.17) is 4.74 Å². The second kappa shape index (κ2) is 5.14. The van der Waals surface area contributed by atoms with Crippen molar-refractivity contribution in [1.29, 1.82) is 0 Å². The van der Waals surface area contributed by atoms with Crippen molar-refractivity contribution in [1.82, 2.24) is 14.5 Å². The molecule has 0 aromatic carbocycles. The number of hydrogen-bond donors (Lipinski definition) is 0. The summed E-state index contributed by atoms with van der Waals surface area (Å²) in [5, 5.41) is 1.79. The van der Waals surface area contributed by atoms with E-state index in [9.17, 15) is 4.79 Å². The molecule has 0 saturated carbocycles. The predicted molar refractivity (Wildman–Crippen MR) is 72.1 cm³/mol. The Morgan fingerprint density at radius 3 is 3.16 bits per heavy atom. The maximum Gasteiger partial charge on any atom is 0.274 e. The predicted octanol–water partition coefficient (Wildman–Crippen LogP) is 1.70. The summed E-state index contributed by atoms with van der Waals surface area (Å²) in [6.07, 6.45) is 1.98. The maximum atomic E-state index is 12.5. The summed E-state index contributed by atoms with van der Waals surface area (Å²) >= 11 is 1.44. The standard InChI is InChI=1S/C13H15N3O2S/c1-15-4-2-3-11(15)12-7-18-6-5-16(12)13(17)10-8-19-9-14-10/h2-4,8-9,12H,5-7H2,1H3/t12-/m1/s1. The van der Waals surface area contributed by atoms with E-state index in [2.05, 4.69) is 4.98 Å². The molecule has 0 unspecified atom stereocenters. The third-order valence-electron chi connectivity index (χ3n) is 3.37. The third-order valence-corrected chi connectivity index (χ3v) is 3.95. The van der Waals surface area contributed by atoms with E-state index in [1.54, 1.807) is 10.9 Å². The summed E-state index contributed by atoms with van der Waals surface area (Å²) in [7, 11) is 1.98. The molecule has 3 rings (SSSR count). The van der Waals surface area contributed by atoms with Crippen molar-refractivity contribution in [2.24, 2.45) is 7.05 Å². The Hall–Kier alpha value is -1.66. The molecule has 6 heteroatoms. The minimum absolute atomic E-state index is 0.0178. The highest BCUT2D eigenvalue weighted by Crippen LogP contribution is 2.25. The first-order valence-electron chi connectivity index (χ1n) is 6.15. The zero-order valence-electron chi connectivity index (χ0n) is 10.7. The Balaban J connectivity index is 1.90. The van der Waals surface area contributed by atoms with E-state index < -0.39 is 0 Å². The Kier molecular flexibility index (Phi) is 3.35. The number of ether oxygens (including phenoxy) is 1. The fourth-order valence-corrected chi connectivity index (χ4v) is 2.90. The number of carbonyl (C=O) groups is 1. The maximum absolute atomic E-state index is 12.5. The zero-order chi connectivity index (χ0) is 13.2. The summed E-state index contributed by atoms with van der Waals surface area (Å²) in [6.45, 7) is 1.72. The van der Waals surface area contributed by atoms with E-state index in [0.717, 1.165) is 5.69 Å². The van der Waals surface area contributed by atoms with Crippen molar-refractivity contribution < 1.29 is 9.53 Å². The summed E-state index contributed by atoms with van der Waals surface area (Å²) < 4.78 is 7.56. The average Bonchev–Trinajstić information content (AvgIpc) is 3.09. The number of rotatable bonds is 2. The van der Waals surface area contributed by atoms with Gasteiger partial charge in [-0.05, 0) is 12.1 Å². The molecule has 1 amide bonds. The molecule has 1 saturated heterocycles. The number of aryl methyl sites for hydroxylation is 1. The molecule has 1 aliphatic rings. The molecular formula is C13H15N3O2S. The molecule has 0 bridgehead atoms. The van der Waals surface area contributed by atoms with Crippen LogP contribution in [0.2, 0.25) is 0 Å². The summed E-state index contributed by atoms with van der Waals surface area (Å²) in [4.78, 5) is 18.4. The zero-order valence-corrected chi connectivity index (χ0v) is 11.5. The molecule has 0 spiro atoms. The van der Waals surface area contributed by atoms with Crippen LogP contribution in [0.3, 0.4) is 0 Å². The van der Waals surface area contributed by atoms with E-state index in [-0.39, 0.29) is 11.9 Å². The highest BCUT2D eigenvalue weighted by atomic mass is 32.1. The first-order chi connectivity index (χ1) is 9.27. The fraction of sp³-hybridized carbons (Fsp3) is 0.385. The van der Waals surface area contributed by atoms with Crippen LogP contribution in [-0.4, -0.2) is 40.1 Å². The second-order valence-corrected chi connectivity index (χ2v) is 5.23. The Bertz CT molecular complexity index is 564. The van der Waals surface area contributed by atoms with Gasteiger partial charge in [-0.2, -0.15) is 0 Å². The molecule has 2 aromatic rings. The molecule has 0 radical (unpaired) electrons. The van der Waals surface area contributed by atoms with Crippen molar-refractivity contribution in [3.05, 3.63) is 40.6 Å². The third kappa shape index (κ3) is 2.29. The molecular weight excluding hydrogens is 262 g/mol. The quantitative estimate of drug-likeness (QED) is 0.839. The molecule has 5 nitrogen and oxygen atoms in total. The second-order valence-electron chi connectivity index (χ2n) is 4.51. The van der Waals surface area contributed by atoms with Crippen molar-refractivity contribution in [2.45, 2.75) is 6.04 Å². The minimum Gasteiger partial charge on any atom is -0.377 e. The Labute approximate surface area is 115 Å². The molecule has 1 fully saturated rings. The van der Waals surface area contributed by atoms with Gasteiger partial charge in [-0.25, -0.2) is 4.98 Å². The lowest BCUT2D eigenvalue weighted by Crippen LogP contribution is -2.44. The number of morpholine rings is 1. The topological polar surface area (TPSA) is 47.4 Å². The first-order valence-corrected chi connectivity index (χ1v) is 7.10. The van der Waals surface area contributed by atoms with Gasteiger partial charge in [0.15, 0.2) is 0 Å². The summed E-state index contributed by atoms with van der Waals surface area (Å²) in [5.74, 6) is -0.0178. The van der Waals surface area contributed by atoms with Gasteiger partial charge in [-0.3, -0.25) is 4.79 Å². The molecule has 1 atom stereocenters. The summed E-state index contributed by atoms with van der Waals surface area (Å²) in [6, 6.07) is 3.97. The van der Waals surface area contributed by atoms with Gasteiger partial charge in [0, 0.05) is 30.9 Å². The van der Waals surface area contributed by atoms with Gasteiger partial charge >= 0.3 is 0 Å². The van der Waals surface area contributed by atoms with Crippen molar-refractivity contribution in [3.63, 3.8) is 0 Å². The highest BCUT2D eigenvalue weighted by Gasteiger charge is 2.31. The van der Waals surface area contributed by atoms with Gasteiger partial charge < -0.3 is 14.2 Å². The molecule has 1 aliphatic heterocycles. The normalized spacial score (nSPS) is 19.6. The minimum atomic E-state index is -0.0389. The van der Waals surface area contributed by atoms with Crippen molar-refractivity contribution in [2.75, 3.05) is 19.8 Å². The van der Waals surface area contributed by atoms with E-state index in [0.29, 0.717) is 25.5 Å². The number of aromatic nitrogens is 2.